The molecule has 4 rings (SSSR count). The maximum Gasteiger partial charge on any atom is 0.252 e. The number of hydrogen-bond acceptors (Lipinski definition) is 4. The number of carbonyl (C=O) groups excluding carboxylic acids is 1. The maximum atomic E-state index is 12.5. The van der Waals surface area contributed by atoms with E-state index in [1.807, 2.05) is 47.4 Å². The van der Waals surface area contributed by atoms with Crippen LogP contribution in [0, 0.1) is 0 Å². The monoisotopic (exact) mass is 420 g/mol. The minimum absolute atomic E-state index is 0.0586. The van der Waals surface area contributed by atoms with Gasteiger partial charge in [-0.2, -0.15) is 4.99 Å². The van der Waals surface area contributed by atoms with Gasteiger partial charge in [-0.25, -0.2) is 8.42 Å². The molecule has 0 saturated carbocycles. The first-order chi connectivity index (χ1) is 12.9. The summed E-state index contributed by atoms with van der Waals surface area (Å²) in [6.07, 6.45) is 0.210. The van der Waals surface area contributed by atoms with Gasteiger partial charge in [0.15, 0.2) is 15.0 Å². The number of aliphatic imine (C=N–C) groups is 1. The zero-order chi connectivity index (χ0) is 19.0. The molecule has 2 aliphatic rings. The van der Waals surface area contributed by atoms with Gasteiger partial charge in [-0.05, 0) is 23.8 Å². The smallest absolute Gasteiger partial charge is 0.252 e. The van der Waals surface area contributed by atoms with E-state index in [9.17, 15) is 13.2 Å². The van der Waals surface area contributed by atoms with Crippen molar-refractivity contribution in [3.05, 3.63) is 65.2 Å². The molecule has 2 aliphatic heterocycles. The molecule has 27 heavy (non-hydrogen) atoms. The van der Waals surface area contributed by atoms with Crippen LogP contribution in [-0.2, 0) is 21.1 Å². The van der Waals surface area contributed by atoms with E-state index in [1.165, 1.54) is 11.8 Å². The number of hydrogen-bond donors (Lipinski definition) is 0. The summed E-state index contributed by atoms with van der Waals surface area (Å²) in [5.41, 5.74) is 1.65. The van der Waals surface area contributed by atoms with Crippen LogP contribution in [0.1, 0.15) is 5.56 Å². The Kier molecular flexibility index (Phi) is 5.01. The highest BCUT2D eigenvalue weighted by atomic mass is 35.5. The predicted octanol–water partition coefficient (Wildman–Crippen LogP) is 3.18. The van der Waals surface area contributed by atoms with Gasteiger partial charge in [-0.3, -0.25) is 4.79 Å². The molecule has 2 aromatic rings. The number of fused-ring (bicyclic) bond motifs is 1. The number of amidine groups is 1. The fourth-order valence-corrected chi connectivity index (χ4v) is 7.52. The summed E-state index contributed by atoms with van der Waals surface area (Å²) in [4.78, 5) is 18.7. The zero-order valence-corrected chi connectivity index (χ0v) is 16.7. The van der Waals surface area contributed by atoms with E-state index >= 15 is 0 Å². The molecule has 140 valence electrons. The van der Waals surface area contributed by atoms with Crippen LogP contribution in [0.3, 0.4) is 0 Å². The number of thioether (sulfide) groups is 1. The summed E-state index contributed by atoms with van der Waals surface area (Å²) >= 11 is 7.49. The van der Waals surface area contributed by atoms with Crippen molar-refractivity contribution >= 4 is 50.0 Å². The predicted molar refractivity (Wildman–Crippen MR) is 110 cm³/mol. The second-order valence-corrected chi connectivity index (χ2v) is 10.4. The van der Waals surface area contributed by atoms with Gasteiger partial charge < -0.3 is 4.90 Å². The Hall–Kier alpha value is -1.83. The van der Waals surface area contributed by atoms with E-state index in [4.69, 9.17) is 11.6 Å². The Morgan fingerprint density at radius 3 is 2.67 bits per heavy atom. The Balaban J connectivity index is 1.65. The Morgan fingerprint density at radius 2 is 1.93 bits per heavy atom. The van der Waals surface area contributed by atoms with Crippen LogP contribution < -0.4 is 4.90 Å². The van der Waals surface area contributed by atoms with Crippen molar-refractivity contribution < 1.29 is 13.2 Å². The molecule has 1 amide bonds. The van der Waals surface area contributed by atoms with Crippen molar-refractivity contribution in [2.45, 2.75) is 17.7 Å². The number of rotatable bonds is 3. The first kappa shape index (κ1) is 18.5. The molecule has 0 unspecified atom stereocenters. The van der Waals surface area contributed by atoms with E-state index in [1.54, 1.807) is 12.1 Å². The molecule has 2 heterocycles. The number of anilines is 1. The average molecular weight is 421 g/mol. The second kappa shape index (κ2) is 7.30. The summed E-state index contributed by atoms with van der Waals surface area (Å²) in [5, 5.41) is 0.970. The Bertz CT molecular complexity index is 1010. The topological polar surface area (TPSA) is 66.8 Å². The van der Waals surface area contributed by atoms with Crippen LogP contribution in [0.2, 0.25) is 5.02 Å². The summed E-state index contributed by atoms with van der Waals surface area (Å²) < 4.78 is 24.2. The molecule has 0 spiro atoms. The maximum absolute atomic E-state index is 12.5. The Labute approximate surface area is 167 Å². The van der Waals surface area contributed by atoms with Crippen molar-refractivity contribution in [3.8, 4) is 0 Å². The third kappa shape index (κ3) is 4.05. The summed E-state index contributed by atoms with van der Waals surface area (Å²) in [5.74, 6) is -0.0903. The highest BCUT2D eigenvalue weighted by molar-refractivity contribution is 8.16. The molecule has 5 nitrogen and oxygen atoms in total. The second-order valence-electron chi connectivity index (χ2n) is 6.60. The highest BCUT2D eigenvalue weighted by Gasteiger charge is 2.49. The molecule has 2 aromatic carbocycles. The van der Waals surface area contributed by atoms with E-state index in [-0.39, 0.29) is 35.1 Å². The fraction of sp³-hybridized carbons (Fsp3) is 0.263. The molecule has 0 aromatic heterocycles. The number of nitrogens with zero attached hydrogens (tertiary/aromatic N) is 2. The number of carbonyl (C=O) groups is 1. The van der Waals surface area contributed by atoms with Crippen LogP contribution >= 0.6 is 23.4 Å². The lowest BCUT2D eigenvalue weighted by Crippen LogP contribution is -2.37. The molecular formula is C19H17ClN2O3S2. The van der Waals surface area contributed by atoms with Gasteiger partial charge in [0.1, 0.15) is 0 Å². The molecule has 0 N–H and O–H groups in total. The van der Waals surface area contributed by atoms with Crippen LogP contribution in [0.5, 0.6) is 0 Å². The lowest BCUT2D eigenvalue weighted by Gasteiger charge is -2.24. The molecule has 0 bridgehead atoms. The van der Waals surface area contributed by atoms with Gasteiger partial charge >= 0.3 is 0 Å². The molecule has 8 heteroatoms. The molecule has 2 saturated heterocycles. The van der Waals surface area contributed by atoms with Crippen LogP contribution in [0.25, 0.3) is 0 Å². The van der Waals surface area contributed by atoms with Gasteiger partial charge in [-0.1, -0.05) is 59.8 Å². The SMILES string of the molecule is O=C(Cc1ccccc1)N=C1S[C@H]2CS(=O)(=O)C[C@@H]2N1c1cccc(Cl)c1. The largest absolute Gasteiger partial charge is 0.316 e. The molecule has 0 aliphatic carbocycles. The minimum atomic E-state index is -3.09. The van der Waals surface area contributed by atoms with Gasteiger partial charge in [0.05, 0.1) is 24.0 Å². The fourth-order valence-electron chi connectivity index (χ4n) is 3.41. The first-order valence-corrected chi connectivity index (χ1v) is 11.6. The van der Waals surface area contributed by atoms with Crippen molar-refractivity contribution in [2.75, 3.05) is 16.4 Å². The van der Waals surface area contributed by atoms with Crippen LogP contribution in [0.15, 0.2) is 59.6 Å². The molecule has 2 atom stereocenters. The lowest BCUT2D eigenvalue weighted by atomic mass is 10.1. The summed E-state index contributed by atoms with van der Waals surface area (Å²) in [7, 11) is -3.09. The highest BCUT2D eigenvalue weighted by Crippen LogP contribution is 2.41. The quantitative estimate of drug-likeness (QED) is 0.762. The minimum Gasteiger partial charge on any atom is -0.316 e. The van der Waals surface area contributed by atoms with Gasteiger partial charge in [0.25, 0.3) is 5.91 Å². The standard InChI is InChI=1S/C19H17ClN2O3S2/c20-14-7-4-8-15(10-14)22-16-11-27(24,25)12-17(16)26-19(22)21-18(23)9-13-5-2-1-3-6-13/h1-8,10,16-17H,9,11-12H2/t16-,17-/m0/s1. The third-order valence-corrected chi connectivity index (χ3v) is 8.02. The third-order valence-electron chi connectivity index (χ3n) is 4.57. The number of benzene rings is 2. The van der Waals surface area contributed by atoms with E-state index in [0.717, 1.165) is 11.3 Å². The summed E-state index contributed by atoms with van der Waals surface area (Å²) in [6, 6.07) is 16.4. The number of halogens is 1. The number of amides is 1. The van der Waals surface area contributed by atoms with Gasteiger partial charge in [0, 0.05) is 16.0 Å². The average Bonchev–Trinajstić information content (AvgIpc) is 3.06. The van der Waals surface area contributed by atoms with Crippen molar-refractivity contribution in [3.63, 3.8) is 0 Å². The van der Waals surface area contributed by atoms with E-state index < -0.39 is 9.84 Å². The zero-order valence-electron chi connectivity index (χ0n) is 14.3. The van der Waals surface area contributed by atoms with E-state index in [2.05, 4.69) is 4.99 Å². The lowest BCUT2D eigenvalue weighted by molar-refractivity contribution is -0.117. The van der Waals surface area contributed by atoms with Gasteiger partial charge in [-0.15, -0.1) is 0 Å². The van der Waals surface area contributed by atoms with Crippen molar-refractivity contribution in [2.24, 2.45) is 4.99 Å². The van der Waals surface area contributed by atoms with Crippen LogP contribution in [0.4, 0.5) is 5.69 Å². The molecular weight excluding hydrogens is 404 g/mol. The van der Waals surface area contributed by atoms with Crippen molar-refractivity contribution in [1.29, 1.82) is 0 Å². The Morgan fingerprint density at radius 1 is 1.15 bits per heavy atom. The summed E-state index contributed by atoms with van der Waals surface area (Å²) in [6.45, 7) is 0. The first-order valence-electron chi connectivity index (χ1n) is 8.49. The molecule has 0 radical (unpaired) electrons. The number of sulfone groups is 1. The van der Waals surface area contributed by atoms with Crippen molar-refractivity contribution in [1.82, 2.24) is 0 Å². The normalized spacial score (nSPS) is 24.9. The van der Waals surface area contributed by atoms with Crippen LogP contribution in [-0.4, -0.2) is 42.3 Å². The van der Waals surface area contributed by atoms with E-state index in [0.29, 0.717) is 10.2 Å². The van der Waals surface area contributed by atoms with Gasteiger partial charge in [0.2, 0.25) is 0 Å². The molecule has 2 fully saturated rings.